The summed E-state index contributed by atoms with van der Waals surface area (Å²) in [7, 11) is -3.69. The first-order chi connectivity index (χ1) is 16.9. The number of hydrogen-bond acceptors (Lipinski definition) is 5. The number of carbonyl (C=O) groups excluding carboxylic acids is 2. The smallest absolute Gasteiger partial charge is 0.247 e. The molecule has 3 aromatic rings. The molecule has 35 heavy (non-hydrogen) atoms. The molecule has 8 nitrogen and oxygen atoms in total. The summed E-state index contributed by atoms with van der Waals surface area (Å²) in [5, 5.41) is 5.70. The molecule has 2 aromatic carbocycles. The van der Waals surface area contributed by atoms with Gasteiger partial charge in [-0.15, -0.1) is 0 Å². The molecule has 0 aliphatic carbocycles. The van der Waals surface area contributed by atoms with Gasteiger partial charge in [0, 0.05) is 37.6 Å². The number of hydrogen-bond donors (Lipinski definition) is 2. The highest BCUT2D eigenvalue weighted by molar-refractivity contribution is 7.89. The molecule has 0 bridgehead atoms. The number of benzene rings is 2. The summed E-state index contributed by atoms with van der Waals surface area (Å²) in [5.74, 6) is -1.23. The van der Waals surface area contributed by atoms with Crippen LogP contribution in [0.1, 0.15) is 18.4 Å². The Bertz CT molecular complexity index is 1240. The third-order valence-electron chi connectivity index (χ3n) is 6.00. The highest BCUT2D eigenvalue weighted by Gasteiger charge is 2.34. The van der Waals surface area contributed by atoms with Crippen LogP contribution < -0.4 is 10.6 Å². The second kappa shape index (κ2) is 11.2. The summed E-state index contributed by atoms with van der Waals surface area (Å²) in [4.78, 5) is 30.5. The molecule has 1 aliphatic heterocycles. The number of rotatable bonds is 8. The van der Waals surface area contributed by atoms with Crippen LogP contribution in [0.4, 0.5) is 5.69 Å². The molecule has 1 aliphatic rings. The number of anilines is 1. The maximum absolute atomic E-state index is 13.2. The van der Waals surface area contributed by atoms with Crippen LogP contribution in [0.3, 0.4) is 0 Å². The van der Waals surface area contributed by atoms with E-state index in [4.69, 9.17) is 0 Å². The number of nitrogens with one attached hydrogen (secondary N) is 2. The predicted molar refractivity (Wildman–Crippen MR) is 133 cm³/mol. The van der Waals surface area contributed by atoms with Crippen LogP contribution in [-0.2, 0) is 26.0 Å². The molecule has 2 heterocycles. The van der Waals surface area contributed by atoms with Gasteiger partial charge in [-0.05, 0) is 42.7 Å². The lowest BCUT2D eigenvalue weighted by molar-refractivity contribution is -0.130. The number of amides is 2. The van der Waals surface area contributed by atoms with Gasteiger partial charge in [-0.25, -0.2) is 8.42 Å². The molecule has 1 fully saturated rings. The minimum atomic E-state index is -3.69. The zero-order valence-electron chi connectivity index (χ0n) is 19.2. The monoisotopic (exact) mass is 492 g/mol. The molecule has 2 N–H and O–H groups in total. The topological polar surface area (TPSA) is 108 Å². The van der Waals surface area contributed by atoms with Crippen LogP contribution >= 0.6 is 0 Å². The molecule has 0 saturated carbocycles. The van der Waals surface area contributed by atoms with E-state index < -0.39 is 22.0 Å². The quantitative estimate of drug-likeness (QED) is 0.503. The van der Waals surface area contributed by atoms with Crippen molar-refractivity contribution in [3.8, 4) is 0 Å². The number of piperidine rings is 1. The normalized spacial score (nSPS) is 17.3. The maximum atomic E-state index is 13.2. The molecule has 2 amide bonds. The van der Waals surface area contributed by atoms with Crippen LogP contribution in [0.15, 0.2) is 90.1 Å². The summed E-state index contributed by atoms with van der Waals surface area (Å²) in [6, 6.07) is 20.2. The first-order valence-corrected chi connectivity index (χ1v) is 13.0. The van der Waals surface area contributed by atoms with E-state index in [1.165, 1.54) is 4.31 Å². The molecular weight excluding hydrogens is 464 g/mol. The summed E-state index contributed by atoms with van der Waals surface area (Å²) in [6.45, 7) is 0.435. The van der Waals surface area contributed by atoms with Crippen molar-refractivity contribution in [3.63, 3.8) is 0 Å². The molecule has 1 aromatic heterocycles. The molecule has 2 atom stereocenters. The Morgan fingerprint density at radius 1 is 0.971 bits per heavy atom. The molecule has 9 heteroatoms. The number of nitrogens with zero attached hydrogens (tertiary/aromatic N) is 2. The van der Waals surface area contributed by atoms with Crippen molar-refractivity contribution in [1.82, 2.24) is 14.6 Å². The van der Waals surface area contributed by atoms with E-state index in [2.05, 4.69) is 15.6 Å². The average molecular weight is 493 g/mol. The van der Waals surface area contributed by atoms with Crippen molar-refractivity contribution in [2.24, 2.45) is 5.92 Å². The highest BCUT2D eigenvalue weighted by Crippen LogP contribution is 2.24. The molecule has 0 radical (unpaired) electrons. The van der Waals surface area contributed by atoms with E-state index >= 15 is 0 Å². The second-order valence-corrected chi connectivity index (χ2v) is 10.4. The van der Waals surface area contributed by atoms with Gasteiger partial charge in [0.05, 0.1) is 10.8 Å². The zero-order chi connectivity index (χ0) is 24.7. The standard InChI is InChI=1S/C26H28N4O4S/c31-25(21-10-7-17-30(19-21)35(33,34)23-11-5-2-6-12-23)29-24(18-20-8-3-1-4-9-20)26(32)28-22-13-15-27-16-14-22/h1-6,8-9,11-16,21,24H,7,10,17-19H2,(H,29,31)(H,27,28,32)/t21-,24-/m0/s1. The number of sulfonamides is 1. The first kappa shape index (κ1) is 24.6. The van der Waals surface area contributed by atoms with E-state index in [-0.39, 0.29) is 23.3 Å². The number of aromatic nitrogens is 1. The lowest BCUT2D eigenvalue weighted by Gasteiger charge is -2.32. The predicted octanol–water partition coefficient (Wildman–Crippen LogP) is 2.85. The van der Waals surface area contributed by atoms with Crippen molar-refractivity contribution >= 4 is 27.5 Å². The highest BCUT2D eigenvalue weighted by atomic mass is 32.2. The van der Waals surface area contributed by atoms with Crippen molar-refractivity contribution in [2.75, 3.05) is 18.4 Å². The van der Waals surface area contributed by atoms with Gasteiger partial charge in [-0.3, -0.25) is 14.6 Å². The van der Waals surface area contributed by atoms with Gasteiger partial charge in [-0.2, -0.15) is 4.31 Å². The Morgan fingerprint density at radius 3 is 2.31 bits per heavy atom. The lowest BCUT2D eigenvalue weighted by atomic mass is 9.97. The van der Waals surface area contributed by atoms with Gasteiger partial charge in [0.25, 0.3) is 0 Å². The van der Waals surface area contributed by atoms with Gasteiger partial charge in [0.2, 0.25) is 21.8 Å². The Morgan fingerprint density at radius 2 is 1.63 bits per heavy atom. The largest absolute Gasteiger partial charge is 0.344 e. The van der Waals surface area contributed by atoms with Crippen LogP contribution in [0.25, 0.3) is 0 Å². The van der Waals surface area contributed by atoms with E-state index in [0.717, 1.165) is 5.56 Å². The van der Waals surface area contributed by atoms with E-state index in [9.17, 15) is 18.0 Å². The fourth-order valence-electron chi connectivity index (χ4n) is 4.13. The summed E-state index contributed by atoms with van der Waals surface area (Å²) in [6.07, 6.45) is 4.57. The molecule has 1 saturated heterocycles. The van der Waals surface area contributed by atoms with Crippen LogP contribution in [0, 0.1) is 5.92 Å². The van der Waals surface area contributed by atoms with Gasteiger partial charge < -0.3 is 10.6 Å². The minimum Gasteiger partial charge on any atom is -0.344 e. The van der Waals surface area contributed by atoms with E-state index in [1.54, 1.807) is 54.9 Å². The molecule has 182 valence electrons. The Hall–Kier alpha value is -3.56. The fraction of sp³-hybridized carbons (Fsp3) is 0.269. The van der Waals surface area contributed by atoms with Crippen LogP contribution in [0.5, 0.6) is 0 Å². The van der Waals surface area contributed by atoms with Crippen molar-refractivity contribution in [2.45, 2.75) is 30.2 Å². The summed E-state index contributed by atoms with van der Waals surface area (Å²) >= 11 is 0. The third-order valence-corrected chi connectivity index (χ3v) is 7.88. The Labute approximate surface area is 205 Å². The van der Waals surface area contributed by atoms with Crippen LogP contribution in [0.2, 0.25) is 0 Å². The Kier molecular flexibility index (Phi) is 7.89. The fourth-order valence-corrected chi connectivity index (χ4v) is 5.67. The van der Waals surface area contributed by atoms with Gasteiger partial charge in [-0.1, -0.05) is 48.5 Å². The van der Waals surface area contributed by atoms with Gasteiger partial charge in [0.1, 0.15) is 6.04 Å². The second-order valence-electron chi connectivity index (χ2n) is 8.49. The SMILES string of the molecule is O=C(N[C@@H](Cc1ccccc1)C(=O)Nc1ccncc1)[C@H]1CCCN(S(=O)(=O)c2ccccc2)C1. The van der Waals surface area contributed by atoms with Gasteiger partial charge in [0.15, 0.2) is 0 Å². The average Bonchev–Trinajstić information content (AvgIpc) is 2.90. The van der Waals surface area contributed by atoms with Crippen LogP contribution in [-0.4, -0.2) is 48.7 Å². The van der Waals surface area contributed by atoms with Crippen molar-refractivity contribution < 1.29 is 18.0 Å². The molecule has 0 spiro atoms. The van der Waals surface area contributed by atoms with Crippen molar-refractivity contribution in [3.05, 3.63) is 90.8 Å². The minimum absolute atomic E-state index is 0.0765. The number of pyridine rings is 1. The first-order valence-electron chi connectivity index (χ1n) is 11.5. The number of carbonyl (C=O) groups is 2. The van der Waals surface area contributed by atoms with Crippen molar-refractivity contribution in [1.29, 1.82) is 0 Å². The lowest BCUT2D eigenvalue weighted by Crippen LogP contribution is -2.51. The summed E-state index contributed by atoms with van der Waals surface area (Å²) in [5.41, 5.74) is 1.48. The Balaban J connectivity index is 1.48. The maximum Gasteiger partial charge on any atom is 0.247 e. The molecule has 0 unspecified atom stereocenters. The van der Waals surface area contributed by atoms with E-state index in [1.807, 2.05) is 30.3 Å². The zero-order valence-corrected chi connectivity index (χ0v) is 20.0. The summed E-state index contributed by atoms with van der Waals surface area (Å²) < 4.78 is 27.5. The molecular formula is C26H28N4O4S. The van der Waals surface area contributed by atoms with Gasteiger partial charge >= 0.3 is 0 Å². The third kappa shape index (κ3) is 6.32. The van der Waals surface area contributed by atoms with E-state index in [0.29, 0.717) is 31.5 Å². The molecule has 4 rings (SSSR count).